The van der Waals surface area contributed by atoms with Crippen molar-refractivity contribution in [3.8, 4) is 5.75 Å². The van der Waals surface area contributed by atoms with Gasteiger partial charge in [0.2, 0.25) is 0 Å². The minimum atomic E-state index is -2.91. The van der Waals surface area contributed by atoms with E-state index < -0.39 is 9.84 Å². The summed E-state index contributed by atoms with van der Waals surface area (Å²) < 4.78 is 24.5. The number of halogens is 1. The van der Waals surface area contributed by atoms with Crippen LogP contribution in [0.3, 0.4) is 0 Å². The summed E-state index contributed by atoms with van der Waals surface area (Å²) in [5.74, 6) is 0.750. The van der Waals surface area contributed by atoms with Crippen molar-refractivity contribution in [1.29, 1.82) is 0 Å². The van der Waals surface area contributed by atoms with Crippen LogP contribution >= 0.6 is 15.9 Å². The van der Waals surface area contributed by atoms with E-state index in [1.165, 1.54) is 0 Å². The molecule has 0 radical (unpaired) electrons. The molecule has 3 rings (SSSR count). The van der Waals surface area contributed by atoms with Crippen molar-refractivity contribution in [2.24, 2.45) is 0 Å². The first-order valence-electron chi connectivity index (χ1n) is 7.74. The minimum Gasteiger partial charge on any atom is -0.508 e. The van der Waals surface area contributed by atoms with Crippen LogP contribution in [0.25, 0.3) is 10.8 Å². The highest BCUT2D eigenvalue weighted by Gasteiger charge is 2.32. The van der Waals surface area contributed by atoms with E-state index in [4.69, 9.17) is 0 Å². The molecule has 0 amide bonds. The highest BCUT2D eigenvalue weighted by atomic mass is 79.9. The SMILES string of the molecule is CCN(Cc1c(O)ccc2cc(Br)ccc12)[C@@H]1CCS(=O)(=O)C1. The fraction of sp³-hybridized carbons (Fsp3) is 0.412. The van der Waals surface area contributed by atoms with Gasteiger partial charge in [-0.15, -0.1) is 0 Å². The van der Waals surface area contributed by atoms with E-state index >= 15 is 0 Å². The fourth-order valence-corrected chi connectivity index (χ4v) is 5.43. The Bertz CT molecular complexity index is 835. The van der Waals surface area contributed by atoms with E-state index in [0.717, 1.165) is 27.4 Å². The van der Waals surface area contributed by atoms with E-state index in [1.54, 1.807) is 6.07 Å². The van der Waals surface area contributed by atoms with Crippen molar-refractivity contribution >= 4 is 36.5 Å². The number of rotatable bonds is 4. The van der Waals surface area contributed by atoms with Crippen molar-refractivity contribution in [1.82, 2.24) is 4.90 Å². The number of nitrogens with zero attached hydrogens (tertiary/aromatic N) is 1. The first-order valence-corrected chi connectivity index (χ1v) is 10.4. The summed E-state index contributed by atoms with van der Waals surface area (Å²) in [7, 11) is -2.91. The second-order valence-electron chi connectivity index (χ2n) is 6.05. The zero-order valence-corrected chi connectivity index (χ0v) is 15.4. The van der Waals surface area contributed by atoms with Gasteiger partial charge in [0.15, 0.2) is 9.84 Å². The monoisotopic (exact) mass is 397 g/mol. The summed E-state index contributed by atoms with van der Waals surface area (Å²) in [6.45, 7) is 3.34. The Labute approximate surface area is 145 Å². The Hall–Kier alpha value is -1.11. The van der Waals surface area contributed by atoms with Gasteiger partial charge in [0.1, 0.15) is 5.75 Å². The molecule has 0 unspecified atom stereocenters. The average molecular weight is 398 g/mol. The summed E-state index contributed by atoms with van der Waals surface area (Å²) in [5.41, 5.74) is 0.862. The fourth-order valence-electron chi connectivity index (χ4n) is 3.29. The minimum absolute atomic E-state index is 0.0371. The van der Waals surface area contributed by atoms with Crippen molar-refractivity contribution in [2.45, 2.75) is 25.9 Å². The highest BCUT2D eigenvalue weighted by molar-refractivity contribution is 9.10. The van der Waals surface area contributed by atoms with Gasteiger partial charge in [0.25, 0.3) is 0 Å². The molecule has 6 heteroatoms. The normalized spacial score (nSPS) is 20.4. The molecule has 23 heavy (non-hydrogen) atoms. The lowest BCUT2D eigenvalue weighted by Crippen LogP contribution is -2.35. The molecule has 1 fully saturated rings. The van der Waals surface area contributed by atoms with Crippen molar-refractivity contribution in [3.63, 3.8) is 0 Å². The van der Waals surface area contributed by atoms with Gasteiger partial charge < -0.3 is 5.11 Å². The maximum absolute atomic E-state index is 11.7. The number of aromatic hydroxyl groups is 1. The number of phenolic OH excluding ortho intramolecular Hbond substituents is 1. The summed E-state index contributed by atoms with van der Waals surface area (Å²) in [5, 5.41) is 12.4. The molecule has 0 spiro atoms. The van der Waals surface area contributed by atoms with E-state index in [0.29, 0.717) is 13.0 Å². The number of phenols is 1. The molecule has 2 aromatic rings. The van der Waals surface area contributed by atoms with Crippen LogP contribution in [0.15, 0.2) is 34.8 Å². The van der Waals surface area contributed by atoms with E-state index in [-0.39, 0.29) is 23.3 Å². The molecule has 1 atom stereocenters. The van der Waals surface area contributed by atoms with E-state index in [2.05, 4.69) is 20.8 Å². The maximum Gasteiger partial charge on any atom is 0.151 e. The third kappa shape index (κ3) is 3.54. The standard InChI is InChI=1S/C17H20BrNO3S/c1-2-19(14-7-8-23(21,22)11-14)10-16-15-5-4-13(18)9-12(15)3-6-17(16)20/h3-6,9,14,20H,2,7-8,10-11H2,1H3/t14-/m1/s1. The molecule has 2 aromatic carbocycles. The number of fused-ring (bicyclic) bond motifs is 1. The largest absolute Gasteiger partial charge is 0.508 e. The maximum atomic E-state index is 11.7. The Kier molecular flexibility index (Phi) is 4.67. The molecule has 1 saturated heterocycles. The highest BCUT2D eigenvalue weighted by Crippen LogP contribution is 2.31. The molecule has 1 aliphatic heterocycles. The Morgan fingerprint density at radius 2 is 2.09 bits per heavy atom. The lowest BCUT2D eigenvalue weighted by molar-refractivity contribution is 0.213. The quantitative estimate of drug-likeness (QED) is 0.859. The first kappa shape index (κ1) is 16.7. The van der Waals surface area contributed by atoms with Crippen molar-refractivity contribution in [3.05, 3.63) is 40.4 Å². The van der Waals surface area contributed by atoms with Gasteiger partial charge in [0, 0.05) is 22.6 Å². The molecular formula is C17H20BrNO3S. The van der Waals surface area contributed by atoms with Crippen LogP contribution in [-0.2, 0) is 16.4 Å². The molecule has 0 aromatic heterocycles. The summed E-state index contributed by atoms with van der Waals surface area (Å²) >= 11 is 3.47. The smallest absolute Gasteiger partial charge is 0.151 e. The van der Waals surface area contributed by atoms with Gasteiger partial charge in [-0.05, 0) is 41.9 Å². The molecule has 124 valence electrons. The lowest BCUT2D eigenvalue weighted by atomic mass is 10.0. The number of hydrogen-bond donors (Lipinski definition) is 1. The van der Waals surface area contributed by atoms with Gasteiger partial charge in [-0.1, -0.05) is 35.0 Å². The van der Waals surface area contributed by atoms with Crippen LogP contribution in [0.4, 0.5) is 0 Å². The average Bonchev–Trinajstić information content (AvgIpc) is 2.86. The number of hydrogen-bond acceptors (Lipinski definition) is 4. The van der Waals surface area contributed by atoms with E-state index in [1.807, 2.05) is 31.2 Å². The van der Waals surface area contributed by atoms with Gasteiger partial charge in [-0.25, -0.2) is 8.42 Å². The van der Waals surface area contributed by atoms with Crippen LogP contribution in [0, 0.1) is 0 Å². The topological polar surface area (TPSA) is 57.6 Å². The second-order valence-corrected chi connectivity index (χ2v) is 9.19. The summed E-state index contributed by atoms with van der Waals surface area (Å²) in [6.07, 6.45) is 0.674. The van der Waals surface area contributed by atoms with Crippen molar-refractivity contribution in [2.75, 3.05) is 18.1 Å². The third-order valence-electron chi connectivity index (χ3n) is 4.56. The van der Waals surface area contributed by atoms with Crippen LogP contribution < -0.4 is 0 Å². The molecular weight excluding hydrogens is 378 g/mol. The van der Waals surface area contributed by atoms with Gasteiger partial charge in [-0.2, -0.15) is 0 Å². The zero-order chi connectivity index (χ0) is 16.6. The summed E-state index contributed by atoms with van der Waals surface area (Å²) in [6, 6.07) is 9.62. The number of sulfone groups is 1. The van der Waals surface area contributed by atoms with Gasteiger partial charge in [-0.3, -0.25) is 4.90 Å². The Morgan fingerprint density at radius 1 is 1.30 bits per heavy atom. The molecule has 1 N–H and O–H groups in total. The Morgan fingerprint density at radius 3 is 2.74 bits per heavy atom. The molecule has 0 aliphatic carbocycles. The van der Waals surface area contributed by atoms with Crippen LogP contribution in [0.5, 0.6) is 5.75 Å². The Balaban J connectivity index is 1.95. The molecule has 1 aliphatic rings. The molecule has 1 heterocycles. The summed E-state index contributed by atoms with van der Waals surface area (Å²) in [4.78, 5) is 2.15. The van der Waals surface area contributed by atoms with Crippen LogP contribution in [0.2, 0.25) is 0 Å². The van der Waals surface area contributed by atoms with Crippen LogP contribution in [-0.4, -0.2) is 42.5 Å². The molecule has 0 saturated carbocycles. The second kappa shape index (κ2) is 6.42. The third-order valence-corrected chi connectivity index (χ3v) is 6.80. The first-order chi connectivity index (χ1) is 10.9. The number of benzene rings is 2. The van der Waals surface area contributed by atoms with Crippen LogP contribution in [0.1, 0.15) is 18.9 Å². The zero-order valence-electron chi connectivity index (χ0n) is 13.0. The predicted molar refractivity (Wildman–Crippen MR) is 96.5 cm³/mol. The molecule has 4 nitrogen and oxygen atoms in total. The van der Waals surface area contributed by atoms with E-state index in [9.17, 15) is 13.5 Å². The molecule has 0 bridgehead atoms. The van der Waals surface area contributed by atoms with Gasteiger partial charge >= 0.3 is 0 Å². The van der Waals surface area contributed by atoms with Gasteiger partial charge in [0.05, 0.1) is 11.5 Å². The lowest BCUT2D eigenvalue weighted by Gasteiger charge is -2.27. The predicted octanol–water partition coefficient (Wildman–Crippen LogP) is 3.32. The van der Waals surface area contributed by atoms with Crippen molar-refractivity contribution < 1.29 is 13.5 Å².